The summed E-state index contributed by atoms with van der Waals surface area (Å²) in [5, 5.41) is 13.3. The first-order chi connectivity index (χ1) is 16.2. The zero-order valence-electron chi connectivity index (χ0n) is 20.0. The second-order valence-corrected chi connectivity index (χ2v) is 9.52. The van der Waals surface area contributed by atoms with Gasteiger partial charge in [-0.05, 0) is 35.6 Å². The number of hydrogen-bond donors (Lipinski definition) is 1. The fourth-order valence-corrected chi connectivity index (χ4v) is 3.97. The van der Waals surface area contributed by atoms with E-state index in [-0.39, 0.29) is 17.1 Å². The van der Waals surface area contributed by atoms with E-state index in [1.807, 2.05) is 11.5 Å². The molecule has 0 aliphatic heterocycles. The Bertz CT molecular complexity index is 1160. The highest BCUT2D eigenvalue weighted by atomic mass is 32.2. The van der Waals surface area contributed by atoms with Gasteiger partial charge in [-0.3, -0.25) is 4.79 Å². The van der Waals surface area contributed by atoms with Gasteiger partial charge in [0.1, 0.15) is 0 Å². The molecule has 0 spiro atoms. The van der Waals surface area contributed by atoms with E-state index < -0.39 is 5.97 Å². The van der Waals surface area contributed by atoms with Gasteiger partial charge in [0, 0.05) is 12.1 Å². The Morgan fingerprint density at radius 2 is 1.76 bits per heavy atom. The highest BCUT2D eigenvalue weighted by molar-refractivity contribution is 7.99. The summed E-state index contributed by atoms with van der Waals surface area (Å²) in [6, 6.07) is 15.1. The Balaban J connectivity index is 1.58. The minimum Gasteiger partial charge on any atom is -0.465 e. The van der Waals surface area contributed by atoms with Crippen molar-refractivity contribution in [1.29, 1.82) is 0 Å². The van der Waals surface area contributed by atoms with Crippen LogP contribution in [0.1, 0.15) is 49.2 Å². The van der Waals surface area contributed by atoms with E-state index in [2.05, 4.69) is 70.5 Å². The van der Waals surface area contributed by atoms with Crippen molar-refractivity contribution in [2.75, 3.05) is 12.9 Å². The molecule has 1 amide bonds. The fourth-order valence-electron chi connectivity index (χ4n) is 3.18. The van der Waals surface area contributed by atoms with Crippen LogP contribution in [0.2, 0.25) is 0 Å². The lowest BCUT2D eigenvalue weighted by atomic mass is 9.87. The molecule has 0 saturated heterocycles. The fraction of sp³-hybridized carbons (Fsp3) is 0.320. The van der Waals surface area contributed by atoms with E-state index in [0.717, 1.165) is 17.0 Å². The van der Waals surface area contributed by atoms with Crippen LogP contribution in [-0.4, -0.2) is 45.7 Å². The number of hydrazone groups is 1. The van der Waals surface area contributed by atoms with Gasteiger partial charge in [-0.15, -0.1) is 10.2 Å². The van der Waals surface area contributed by atoms with E-state index in [4.69, 9.17) is 0 Å². The van der Waals surface area contributed by atoms with E-state index in [1.54, 1.807) is 24.3 Å². The van der Waals surface area contributed by atoms with Gasteiger partial charge in [-0.2, -0.15) is 5.10 Å². The minimum absolute atomic E-state index is 0.0837. The highest BCUT2D eigenvalue weighted by Gasteiger charge is 2.17. The first kappa shape index (κ1) is 25.2. The zero-order chi connectivity index (χ0) is 24.7. The zero-order valence-corrected chi connectivity index (χ0v) is 20.8. The Kier molecular flexibility index (Phi) is 8.22. The predicted octanol–water partition coefficient (Wildman–Crippen LogP) is 4.29. The van der Waals surface area contributed by atoms with Crippen LogP contribution in [0.15, 0.2) is 58.8 Å². The molecule has 0 unspecified atom stereocenters. The van der Waals surface area contributed by atoms with Crippen molar-refractivity contribution in [3.8, 4) is 11.4 Å². The van der Waals surface area contributed by atoms with Crippen molar-refractivity contribution in [2.45, 2.75) is 44.8 Å². The van der Waals surface area contributed by atoms with Gasteiger partial charge in [-0.1, -0.05) is 68.9 Å². The second kappa shape index (κ2) is 11.1. The number of methoxy groups -OCH3 is 1. The van der Waals surface area contributed by atoms with Crippen LogP contribution < -0.4 is 5.43 Å². The van der Waals surface area contributed by atoms with Crippen LogP contribution >= 0.6 is 11.8 Å². The summed E-state index contributed by atoms with van der Waals surface area (Å²) in [6.07, 6.45) is 1.51. The quantitative estimate of drug-likeness (QED) is 0.224. The van der Waals surface area contributed by atoms with Gasteiger partial charge >= 0.3 is 5.97 Å². The smallest absolute Gasteiger partial charge is 0.337 e. The molecule has 0 bridgehead atoms. The van der Waals surface area contributed by atoms with Gasteiger partial charge < -0.3 is 9.30 Å². The Morgan fingerprint density at radius 3 is 2.35 bits per heavy atom. The van der Waals surface area contributed by atoms with Crippen molar-refractivity contribution in [1.82, 2.24) is 20.2 Å². The highest BCUT2D eigenvalue weighted by Crippen LogP contribution is 2.27. The molecule has 1 N–H and O–H groups in total. The summed E-state index contributed by atoms with van der Waals surface area (Å²) >= 11 is 1.31. The lowest BCUT2D eigenvalue weighted by molar-refractivity contribution is -0.118. The number of rotatable bonds is 8. The third-order valence-corrected chi connectivity index (χ3v) is 6.08. The molecular formula is C25H29N5O3S. The molecule has 178 valence electrons. The van der Waals surface area contributed by atoms with Gasteiger partial charge in [0.15, 0.2) is 11.0 Å². The number of ether oxygens (including phenoxy) is 1. The van der Waals surface area contributed by atoms with Gasteiger partial charge in [0.25, 0.3) is 5.91 Å². The average molecular weight is 480 g/mol. The van der Waals surface area contributed by atoms with Crippen LogP contribution in [0, 0.1) is 0 Å². The van der Waals surface area contributed by atoms with Crippen molar-refractivity contribution in [2.24, 2.45) is 5.10 Å². The first-order valence-corrected chi connectivity index (χ1v) is 11.9. The number of esters is 1. The second-order valence-electron chi connectivity index (χ2n) is 8.57. The van der Waals surface area contributed by atoms with Crippen LogP contribution in [0.5, 0.6) is 0 Å². The van der Waals surface area contributed by atoms with Gasteiger partial charge in [0.2, 0.25) is 0 Å². The average Bonchev–Trinajstić information content (AvgIpc) is 3.25. The molecule has 0 saturated carbocycles. The van der Waals surface area contributed by atoms with Gasteiger partial charge in [0.05, 0.1) is 24.6 Å². The maximum atomic E-state index is 12.2. The van der Waals surface area contributed by atoms with Crippen LogP contribution in [-0.2, 0) is 21.5 Å². The molecule has 0 aliphatic carbocycles. The molecule has 0 aliphatic rings. The molecule has 1 heterocycles. The Hall–Kier alpha value is -3.46. The summed E-state index contributed by atoms with van der Waals surface area (Å²) < 4.78 is 6.66. The van der Waals surface area contributed by atoms with E-state index >= 15 is 0 Å². The predicted molar refractivity (Wildman–Crippen MR) is 134 cm³/mol. The number of hydrogen-bond acceptors (Lipinski definition) is 7. The summed E-state index contributed by atoms with van der Waals surface area (Å²) in [5.74, 6) is 0.270. The van der Waals surface area contributed by atoms with Crippen molar-refractivity contribution in [3.05, 3.63) is 65.2 Å². The summed E-state index contributed by atoms with van der Waals surface area (Å²) in [4.78, 5) is 23.7. The normalized spacial score (nSPS) is 11.6. The summed E-state index contributed by atoms with van der Waals surface area (Å²) in [6.45, 7) is 9.26. The van der Waals surface area contributed by atoms with E-state index in [9.17, 15) is 9.59 Å². The lowest BCUT2D eigenvalue weighted by Crippen LogP contribution is -2.20. The maximum Gasteiger partial charge on any atom is 0.337 e. The third-order valence-electron chi connectivity index (χ3n) is 5.11. The number of carbonyl (C=O) groups excluding carboxylic acids is 2. The molecule has 2 aromatic carbocycles. The largest absolute Gasteiger partial charge is 0.465 e. The SMILES string of the molecule is CCn1c(SCC(=O)N/N=C\c2ccc(C(=O)OC)cc2)nnc1-c1ccc(C(C)(C)C)cc1. The van der Waals surface area contributed by atoms with Crippen molar-refractivity contribution < 1.29 is 14.3 Å². The molecule has 9 heteroatoms. The molecule has 3 rings (SSSR count). The summed E-state index contributed by atoms with van der Waals surface area (Å²) in [7, 11) is 1.33. The van der Waals surface area contributed by atoms with E-state index in [0.29, 0.717) is 17.3 Å². The Labute approximate surface area is 203 Å². The molecule has 3 aromatic rings. The van der Waals surface area contributed by atoms with Crippen molar-refractivity contribution >= 4 is 29.9 Å². The number of carbonyl (C=O) groups is 2. The Morgan fingerprint density at radius 1 is 1.09 bits per heavy atom. The molecule has 0 fully saturated rings. The minimum atomic E-state index is -0.404. The molecule has 8 nitrogen and oxygen atoms in total. The standard InChI is InChI=1S/C25H29N5O3S/c1-6-30-22(18-11-13-20(14-12-18)25(2,3)4)28-29-24(30)34-16-21(31)27-26-15-17-7-9-19(10-8-17)23(32)33-5/h7-15H,6,16H2,1-5H3,(H,27,31)/b26-15-. The molecule has 34 heavy (non-hydrogen) atoms. The molecule has 1 aromatic heterocycles. The number of amides is 1. The van der Waals surface area contributed by atoms with Gasteiger partial charge in [-0.25, -0.2) is 10.2 Å². The maximum absolute atomic E-state index is 12.2. The number of benzene rings is 2. The summed E-state index contributed by atoms with van der Waals surface area (Å²) in [5.41, 5.74) is 6.03. The number of nitrogens with zero attached hydrogens (tertiary/aromatic N) is 4. The first-order valence-electron chi connectivity index (χ1n) is 10.9. The lowest BCUT2D eigenvalue weighted by Gasteiger charge is -2.19. The molecular weight excluding hydrogens is 450 g/mol. The molecule has 0 atom stereocenters. The number of thioether (sulfide) groups is 1. The van der Waals surface area contributed by atoms with Crippen LogP contribution in [0.25, 0.3) is 11.4 Å². The number of aromatic nitrogens is 3. The number of nitrogens with one attached hydrogen (secondary N) is 1. The van der Waals surface area contributed by atoms with Crippen LogP contribution in [0.4, 0.5) is 0 Å². The molecule has 0 radical (unpaired) electrons. The monoisotopic (exact) mass is 479 g/mol. The van der Waals surface area contributed by atoms with E-state index in [1.165, 1.54) is 30.6 Å². The van der Waals surface area contributed by atoms with Crippen LogP contribution in [0.3, 0.4) is 0 Å². The third kappa shape index (κ3) is 6.32. The topological polar surface area (TPSA) is 98.5 Å². The van der Waals surface area contributed by atoms with Crippen molar-refractivity contribution in [3.63, 3.8) is 0 Å².